The van der Waals surface area contributed by atoms with Crippen molar-refractivity contribution in [2.75, 3.05) is 5.32 Å². The number of aromatic nitrogens is 2. The summed E-state index contributed by atoms with van der Waals surface area (Å²) in [5.74, 6) is 0. The summed E-state index contributed by atoms with van der Waals surface area (Å²) in [4.78, 5) is 0. The molecule has 1 heterocycles. The minimum Gasteiger partial charge on any atom is -0.377 e. The van der Waals surface area contributed by atoms with Crippen molar-refractivity contribution in [2.24, 2.45) is 7.05 Å². The lowest BCUT2D eigenvalue weighted by molar-refractivity contribution is 0.713. The van der Waals surface area contributed by atoms with Crippen molar-refractivity contribution >= 4 is 40.5 Å². The van der Waals surface area contributed by atoms with E-state index in [1.165, 1.54) is 0 Å². The number of anilines is 1. The first-order valence-electron chi connectivity index (χ1n) is 5.36. The highest BCUT2D eigenvalue weighted by Crippen LogP contribution is 2.31. The number of aryl methyl sites for hydroxylation is 2. The van der Waals surface area contributed by atoms with Crippen LogP contribution in [-0.2, 0) is 13.6 Å². The summed E-state index contributed by atoms with van der Waals surface area (Å²) in [6.07, 6.45) is 0. The summed E-state index contributed by atoms with van der Waals surface area (Å²) in [5, 5.41) is 9.25. The molecular weight excluding hydrogens is 293 g/mol. The fourth-order valence-corrected chi connectivity index (χ4v) is 2.47. The normalized spacial score (nSPS) is 10.7. The Balaban J connectivity index is 2.22. The lowest BCUT2D eigenvalue weighted by Gasteiger charge is -2.10. The zero-order valence-electron chi connectivity index (χ0n) is 9.97. The van der Waals surface area contributed by atoms with Crippen molar-refractivity contribution in [1.29, 1.82) is 0 Å². The lowest BCUT2D eigenvalue weighted by atomic mass is 10.3. The van der Waals surface area contributed by atoms with Gasteiger partial charge in [0.25, 0.3) is 0 Å². The Kier molecular flexibility index (Phi) is 4.05. The standard InChI is InChI=1S/C12H12Cl3N3/c1-7-11(15)10(18(2)17-7)6-16-12-8(13)4-3-5-9(12)14/h3-5,16H,6H2,1-2H3. The Morgan fingerprint density at radius 3 is 2.33 bits per heavy atom. The minimum absolute atomic E-state index is 0.514. The molecule has 6 heteroatoms. The lowest BCUT2D eigenvalue weighted by Crippen LogP contribution is -2.06. The van der Waals surface area contributed by atoms with Gasteiger partial charge >= 0.3 is 0 Å². The third-order valence-electron chi connectivity index (χ3n) is 2.66. The monoisotopic (exact) mass is 303 g/mol. The molecule has 0 unspecified atom stereocenters. The molecule has 0 aliphatic heterocycles. The van der Waals surface area contributed by atoms with Gasteiger partial charge in [-0.25, -0.2) is 0 Å². The van der Waals surface area contributed by atoms with Crippen molar-refractivity contribution in [1.82, 2.24) is 9.78 Å². The molecule has 0 atom stereocenters. The zero-order valence-corrected chi connectivity index (χ0v) is 12.2. The predicted octanol–water partition coefficient (Wildman–Crippen LogP) is 4.30. The number of nitrogens with one attached hydrogen (secondary N) is 1. The maximum Gasteiger partial charge on any atom is 0.0865 e. The van der Waals surface area contributed by atoms with E-state index in [-0.39, 0.29) is 0 Å². The van der Waals surface area contributed by atoms with Crippen molar-refractivity contribution in [3.63, 3.8) is 0 Å². The molecule has 0 saturated heterocycles. The van der Waals surface area contributed by atoms with Crippen molar-refractivity contribution < 1.29 is 0 Å². The Hall–Kier alpha value is -0.900. The van der Waals surface area contributed by atoms with Crippen molar-refractivity contribution in [3.05, 3.63) is 44.7 Å². The average Bonchev–Trinajstić information content (AvgIpc) is 2.54. The Morgan fingerprint density at radius 2 is 1.83 bits per heavy atom. The SMILES string of the molecule is Cc1nn(C)c(CNc2c(Cl)cccc2Cl)c1Cl. The largest absolute Gasteiger partial charge is 0.377 e. The summed E-state index contributed by atoms with van der Waals surface area (Å²) in [6, 6.07) is 5.37. The van der Waals surface area contributed by atoms with Gasteiger partial charge in [-0.2, -0.15) is 5.10 Å². The number of halogens is 3. The zero-order chi connectivity index (χ0) is 13.3. The highest BCUT2D eigenvalue weighted by molar-refractivity contribution is 6.39. The van der Waals surface area contributed by atoms with Gasteiger partial charge in [0.2, 0.25) is 0 Å². The van der Waals surface area contributed by atoms with Crippen LogP contribution in [0.25, 0.3) is 0 Å². The van der Waals surface area contributed by atoms with Crippen LogP contribution in [0.3, 0.4) is 0 Å². The van der Waals surface area contributed by atoms with Crippen LogP contribution in [0.15, 0.2) is 18.2 Å². The van der Waals surface area contributed by atoms with Crippen molar-refractivity contribution in [3.8, 4) is 0 Å². The minimum atomic E-state index is 0.514. The van der Waals surface area contributed by atoms with Crippen LogP contribution in [-0.4, -0.2) is 9.78 Å². The Bertz CT molecular complexity index is 558. The van der Waals surface area contributed by atoms with Gasteiger partial charge in [-0.05, 0) is 19.1 Å². The number of nitrogens with zero attached hydrogens (tertiary/aromatic N) is 2. The van der Waals surface area contributed by atoms with Gasteiger partial charge in [-0.15, -0.1) is 0 Å². The second-order valence-corrected chi connectivity index (χ2v) is 5.11. The third kappa shape index (κ3) is 2.58. The summed E-state index contributed by atoms with van der Waals surface area (Å²) in [7, 11) is 1.85. The van der Waals surface area contributed by atoms with Crippen LogP contribution in [0, 0.1) is 6.92 Å². The number of benzene rings is 1. The van der Waals surface area contributed by atoms with E-state index in [4.69, 9.17) is 34.8 Å². The van der Waals surface area contributed by atoms with E-state index in [2.05, 4.69) is 10.4 Å². The second kappa shape index (κ2) is 5.39. The molecule has 96 valence electrons. The average molecular weight is 305 g/mol. The van der Waals surface area contributed by atoms with Crippen molar-refractivity contribution in [2.45, 2.75) is 13.5 Å². The quantitative estimate of drug-likeness (QED) is 0.916. The Labute approximate surface area is 121 Å². The molecule has 1 aromatic heterocycles. The molecule has 0 aliphatic carbocycles. The molecule has 0 bridgehead atoms. The number of hydrogen-bond donors (Lipinski definition) is 1. The first-order valence-corrected chi connectivity index (χ1v) is 6.50. The van der Waals surface area contributed by atoms with E-state index >= 15 is 0 Å². The van der Waals surface area contributed by atoms with Crippen LogP contribution >= 0.6 is 34.8 Å². The predicted molar refractivity (Wildman–Crippen MR) is 76.7 cm³/mol. The summed E-state index contributed by atoms with van der Waals surface area (Å²) < 4.78 is 1.75. The number of para-hydroxylation sites is 1. The second-order valence-electron chi connectivity index (χ2n) is 3.92. The molecule has 0 spiro atoms. The van der Waals surface area contributed by atoms with Gasteiger partial charge in [-0.3, -0.25) is 4.68 Å². The van der Waals surface area contributed by atoms with Crippen LogP contribution in [0.4, 0.5) is 5.69 Å². The fraction of sp³-hybridized carbons (Fsp3) is 0.250. The molecule has 0 amide bonds. The van der Waals surface area contributed by atoms with Gasteiger partial charge in [-0.1, -0.05) is 40.9 Å². The molecule has 0 aliphatic rings. The topological polar surface area (TPSA) is 29.9 Å². The molecule has 0 saturated carbocycles. The summed E-state index contributed by atoms with van der Waals surface area (Å²) in [5.41, 5.74) is 2.40. The molecular formula is C12H12Cl3N3. The maximum absolute atomic E-state index is 6.17. The van der Waals surface area contributed by atoms with E-state index in [9.17, 15) is 0 Å². The molecule has 2 rings (SSSR count). The maximum atomic E-state index is 6.17. The molecule has 0 fully saturated rings. The van der Waals surface area contributed by atoms with Crippen LogP contribution in [0.2, 0.25) is 15.1 Å². The molecule has 1 aromatic carbocycles. The van der Waals surface area contributed by atoms with Gasteiger partial charge in [0, 0.05) is 7.05 Å². The van der Waals surface area contributed by atoms with Gasteiger partial charge in [0.15, 0.2) is 0 Å². The van der Waals surface area contributed by atoms with Crippen LogP contribution < -0.4 is 5.32 Å². The van der Waals surface area contributed by atoms with Gasteiger partial charge in [0.1, 0.15) is 0 Å². The van der Waals surface area contributed by atoms with Crippen LogP contribution in [0.1, 0.15) is 11.4 Å². The third-order valence-corrected chi connectivity index (χ3v) is 3.78. The fourth-order valence-electron chi connectivity index (χ4n) is 1.71. The van der Waals surface area contributed by atoms with Gasteiger partial charge < -0.3 is 5.32 Å². The molecule has 3 nitrogen and oxygen atoms in total. The van der Waals surface area contributed by atoms with E-state index in [0.29, 0.717) is 27.3 Å². The van der Waals surface area contributed by atoms with Crippen LogP contribution in [0.5, 0.6) is 0 Å². The van der Waals surface area contributed by atoms with E-state index in [1.807, 2.05) is 14.0 Å². The molecule has 1 N–H and O–H groups in total. The highest BCUT2D eigenvalue weighted by atomic mass is 35.5. The van der Waals surface area contributed by atoms with E-state index in [0.717, 1.165) is 11.4 Å². The van der Waals surface area contributed by atoms with Gasteiger partial charge in [0.05, 0.1) is 38.7 Å². The highest BCUT2D eigenvalue weighted by Gasteiger charge is 2.12. The number of rotatable bonds is 3. The first kappa shape index (κ1) is 13.5. The molecule has 18 heavy (non-hydrogen) atoms. The summed E-state index contributed by atoms with van der Waals surface area (Å²) >= 11 is 18.3. The van der Waals surface area contributed by atoms with E-state index in [1.54, 1.807) is 22.9 Å². The van der Waals surface area contributed by atoms with E-state index < -0.39 is 0 Å². The molecule has 0 radical (unpaired) electrons. The first-order chi connectivity index (χ1) is 8.50. The Morgan fingerprint density at radius 1 is 1.22 bits per heavy atom. The summed E-state index contributed by atoms with van der Waals surface area (Å²) in [6.45, 7) is 2.38. The smallest absolute Gasteiger partial charge is 0.0865 e. The molecule has 2 aromatic rings. The number of hydrogen-bond acceptors (Lipinski definition) is 2.